The lowest BCUT2D eigenvalue weighted by Crippen LogP contribution is -2.60. The molecule has 0 saturated carbocycles. The maximum absolute atomic E-state index is 12.6. The first-order chi connectivity index (χ1) is 12.5. The van der Waals surface area contributed by atoms with E-state index < -0.39 is 17.8 Å². The summed E-state index contributed by atoms with van der Waals surface area (Å²) in [4.78, 5) is 22.7. The minimum atomic E-state index is -0.917. The molecule has 0 bridgehead atoms. The molecule has 8 heteroatoms. The van der Waals surface area contributed by atoms with E-state index in [0.717, 1.165) is 0 Å². The first-order valence-corrected chi connectivity index (χ1v) is 8.35. The summed E-state index contributed by atoms with van der Waals surface area (Å²) in [6.07, 6.45) is -0.302. The maximum atomic E-state index is 12.6. The molecule has 2 heterocycles. The van der Waals surface area contributed by atoms with E-state index >= 15 is 0 Å². The van der Waals surface area contributed by atoms with Crippen LogP contribution >= 0.6 is 0 Å². The molecule has 26 heavy (non-hydrogen) atoms. The molecular formula is C18H22N2O6. The minimum absolute atomic E-state index is 0.178. The molecule has 1 aromatic carbocycles. The molecule has 2 fully saturated rings. The van der Waals surface area contributed by atoms with Gasteiger partial charge in [0.2, 0.25) is 0 Å². The number of aliphatic hydroxyl groups excluding tert-OH is 2. The summed E-state index contributed by atoms with van der Waals surface area (Å²) >= 11 is 0. The number of ether oxygens (including phenoxy) is 1. The van der Waals surface area contributed by atoms with Crippen LogP contribution in [0, 0.1) is 11.3 Å². The second-order valence-corrected chi connectivity index (χ2v) is 6.27. The second kappa shape index (κ2) is 8.76. The number of carbonyl (C=O) groups excluding carboxylic acids is 1. The summed E-state index contributed by atoms with van der Waals surface area (Å²) < 4.78 is 5.77. The van der Waals surface area contributed by atoms with Crippen molar-refractivity contribution in [1.29, 1.82) is 5.26 Å². The van der Waals surface area contributed by atoms with Gasteiger partial charge in [-0.1, -0.05) is 12.1 Å². The Morgan fingerprint density at radius 1 is 1.31 bits per heavy atom. The molecule has 3 N–H and O–H groups in total. The van der Waals surface area contributed by atoms with E-state index in [-0.39, 0.29) is 12.4 Å². The van der Waals surface area contributed by atoms with E-state index in [9.17, 15) is 15.0 Å². The lowest BCUT2D eigenvalue weighted by atomic mass is 9.80. The Morgan fingerprint density at radius 2 is 1.92 bits per heavy atom. The van der Waals surface area contributed by atoms with Gasteiger partial charge in [0.25, 0.3) is 12.4 Å². The average Bonchev–Trinajstić information content (AvgIpc) is 2.67. The van der Waals surface area contributed by atoms with Gasteiger partial charge in [0.05, 0.1) is 35.5 Å². The van der Waals surface area contributed by atoms with Crippen molar-refractivity contribution < 1.29 is 29.6 Å². The van der Waals surface area contributed by atoms with E-state index in [2.05, 4.69) is 0 Å². The topological polar surface area (TPSA) is 131 Å². The van der Waals surface area contributed by atoms with Crippen LogP contribution in [0.15, 0.2) is 24.3 Å². The van der Waals surface area contributed by atoms with Crippen molar-refractivity contribution in [2.45, 2.75) is 37.1 Å². The number of carboxylic acid groups (broad SMARTS) is 1. The minimum Gasteiger partial charge on any atom is -0.483 e. The lowest BCUT2D eigenvalue weighted by molar-refractivity contribution is -0.212. The highest BCUT2D eigenvalue weighted by atomic mass is 16.5. The smallest absolute Gasteiger partial charge is 0.290 e. The van der Waals surface area contributed by atoms with Gasteiger partial charge in [-0.15, -0.1) is 0 Å². The fraction of sp³-hybridized carbons (Fsp3) is 0.500. The van der Waals surface area contributed by atoms with E-state index in [0.29, 0.717) is 50.1 Å². The number of likely N-dealkylation sites (tertiary alicyclic amines) is 1. The predicted octanol–water partition coefficient (Wildman–Crippen LogP) is 0.376. The Morgan fingerprint density at radius 3 is 2.54 bits per heavy atom. The molecule has 140 valence electrons. The number of nitrogens with zero attached hydrogens (tertiary/aromatic N) is 2. The molecule has 8 nitrogen and oxygen atoms in total. The molecule has 1 amide bonds. The van der Waals surface area contributed by atoms with Crippen LogP contribution in [0.1, 0.15) is 35.2 Å². The molecule has 0 unspecified atom stereocenters. The third kappa shape index (κ3) is 4.02. The highest BCUT2D eigenvalue weighted by Crippen LogP contribution is 2.35. The monoisotopic (exact) mass is 362 g/mol. The molecule has 3 rings (SSSR count). The predicted molar refractivity (Wildman–Crippen MR) is 90.3 cm³/mol. The number of piperidine rings is 1. The van der Waals surface area contributed by atoms with Gasteiger partial charge in [0, 0.05) is 13.1 Å². The Hall–Kier alpha value is -2.47. The van der Waals surface area contributed by atoms with Crippen molar-refractivity contribution in [3.05, 3.63) is 35.4 Å². The summed E-state index contributed by atoms with van der Waals surface area (Å²) in [5, 5.41) is 36.1. The molecule has 2 saturated heterocycles. The molecule has 2 aliphatic heterocycles. The zero-order valence-electron chi connectivity index (χ0n) is 14.2. The normalized spacial score (nSPS) is 24.1. The van der Waals surface area contributed by atoms with Crippen LogP contribution in [0.3, 0.4) is 0 Å². The number of rotatable bonds is 1. The van der Waals surface area contributed by atoms with Gasteiger partial charge in [-0.2, -0.15) is 5.26 Å². The van der Waals surface area contributed by atoms with E-state index in [4.69, 9.17) is 19.9 Å². The van der Waals surface area contributed by atoms with Gasteiger partial charge in [-0.05, 0) is 31.4 Å². The Kier molecular flexibility index (Phi) is 6.69. The molecule has 0 aromatic heterocycles. The molecule has 0 aliphatic carbocycles. The zero-order valence-corrected chi connectivity index (χ0v) is 14.2. The number of carbonyl (C=O) groups is 2. The largest absolute Gasteiger partial charge is 0.483 e. The van der Waals surface area contributed by atoms with Gasteiger partial charge in [-0.25, -0.2) is 0 Å². The van der Waals surface area contributed by atoms with Gasteiger partial charge in [0.15, 0.2) is 0 Å². The third-order valence-corrected chi connectivity index (χ3v) is 4.88. The highest BCUT2D eigenvalue weighted by molar-refractivity contribution is 5.96. The molecule has 0 radical (unpaired) electrons. The van der Waals surface area contributed by atoms with Crippen LogP contribution < -0.4 is 0 Å². The van der Waals surface area contributed by atoms with Gasteiger partial charge in [-0.3, -0.25) is 9.59 Å². The molecule has 1 spiro atoms. The Labute approximate surface area is 151 Å². The summed E-state index contributed by atoms with van der Waals surface area (Å²) in [6.45, 7) is 1.04. The van der Waals surface area contributed by atoms with Crippen molar-refractivity contribution in [2.24, 2.45) is 0 Å². The number of hydrogen-bond acceptors (Lipinski definition) is 6. The SMILES string of the molecule is N#Cc1ccccc1C(=O)N1CCC2(CC1)OCC[C@H](O)[C@@H]2O.O=CO. The summed E-state index contributed by atoms with van der Waals surface area (Å²) in [5.74, 6) is -0.178. The Balaban J connectivity index is 0.000000758. The van der Waals surface area contributed by atoms with E-state index in [1.54, 1.807) is 29.2 Å². The molecular weight excluding hydrogens is 340 g/mol. The van der Waals surface area contributed by atoms with E-state index in [1.165, 1.54) is 0 Å². The molecule has 2 aliphatic rings. The summed E-state index contributed by atoms with van der Waals surface area (Å²) in [7, 11) is 0. The number of hydrogen-bond donors (Lipinski definition) is 3. The quantitative estimate of drug-likeness (QED) is 0.615. The van der Waals surface area contributed by atoms with E-state index in [1.807, 2.05) is 6.07 Å². The number of benzene rings is 1. The van der Waals surface area contributed by atoms with Crippen LogP contribution in [-0.2, 0) is 9.53 Å². The fourth-order valence-electron chi connectivity index (χ4n) is 3.44. The number of aliphatic hydroxyl groups is 2. The zero-order chi connectivity index (χ0) is 19.2. The molecule has 1 aromatic rings. The fourth-order valence-corrected chi connectivity index (χ4v) is 3.44. The third-order valence-electron chi connectivity index (χ3n) is 4.88. The van der Waals surface area contributed by atoms with Crippen molar-refractivity contribution in [2.75, 3.05) is 19.7 Å². The first kappa shape index (κ1) is 19.8. The van der Waals surface area contributed by atoms with Crippen LogP contribution in [0.2, 0.25) is 0 Å². The van der Waals surface area contributed by atoms with Gasteiger partial charge in [0.1, 0.15) is 6.10 Å². The van der Waals surface area contributed by atoms with Crippen molar-refractivity contribution in [3.8, 4) is 6.07 Å². The molecule has 2 atom stereocenters. The second-order valence-electron chi connectivity index (χ2n) is 6.27. The van der Waals surface area contributed by atoms with Gasteiger partial charge < -0.3 is 25.0 Å². The standard InChI is InChI=1S/C17H20N2O4.CH2O2/c18-11-12-3-1-2-4-13(12)16(22)19-8-6-17(7-9-19)15(21)14(20)5-10-23-17;2-1-3/h1-4,14-15,20-21H,5-10H2;1H,(H,2,3)/t14-,15-;/m0./s1. The van der Waals surface area contributed by atoms with Crippen molar-refractivity contribution in [1.82, 2.24) is 4.90 Å². The van der Waals surface area contributed by atoms with Crippen LogP contribution in [0.4, 0.5) is 0 Å². The maximum Gasteiger partial charge on any atom is 0.290 e. The first-order valence-electron chi connectivity index (χ1n) is 8.35. The number of nitriles is 1. The summed E-state index contributed by atoms with van der Waals surface area (Å²) in [6, 6.07) is 8.79. The average molecular weight is 362 g/mol. The van der Waals surface area contributed by atoms with Crippen LogP contribution in [0.25, 0.3) is 0 Å². The lowest BCUT2D eigenvalue weighted by Gasteiger charge is -2.48. The number of amides is 1. The summed E-state index contributed by atoms with van der Waals surface area (Å²) in [5.41, 5.74) is 0.00155. The van der Waals surface area contributed by atoms with Crippen LogP contribution in [0.5, 0.6) is 0 Å². The Bertz CT molecular complexity index is 679. The van der Waals surface area contributed by atoms with Crippen molar-refractivity contribution in [3.63, 3.8) is 0 Å². The van der Waals surface area contributed by atoms with Crippen LogP contribution in [-0.4, -0.2) is 70.1 Å². The van der Waals surface area contributed by atoms with Gasteiger partial charge >= 0.3 is 0 Å². The van der Waals surface area contributed by atoms with Crippen molar-refractivity contribution >= 4 is 12.4 Å². The highest BCUT2D eigenvalue weighted by Gasteiger charge is 2.48.